The molecule has 0 aromatic heterocycles. The van der Waals surface area contributed by atoms with E-state index in [-0.39, 0.29) is 12.5 Å². The van der Waals surface area contributed by atoms with Crippen molar-refractivity contribution >= 4 is 11.6 Å². The number of hydrogen-bond donors (Lipinski definition) is 3. The molecule has 1 atom stereocenters. The monoisotopic (exact) mass is 277 g/mol. The summed E-state index contributed by atoms with van der Waals surface area (Å²) in [5.41, 5.74) is 7.81. The second-order valence-electron chi connectivity index (χ2n) is 5.82. The smallest absolute Gasteiger partial charge is 0.246 e. The van der Waals surface area contributed by atoms with Crippen LogP contribution < -0.4 is 11.1 Å². The van der Waals surface area contributed by atoms with Gasteiger partial charge < -0.3 is 21.1 Å². The molecule has 5 heteroatoms. The van der Waals surface area contributed by atoms with Crippen molar-refractivity contribution in [2.24, 2.45) is 5.73 Å². The van der Waals surface area contributed by atoms with Crippen LogP contribution in [-0.4, -0.2) is 48.2 Å². The summed E-state index contributed by atoms with van der Waals surface area (Å²) in [6.45, 7) is 3.22. The highest BCUT2D eigenvalue weighted by molar-refractivity contribution is 5.97. The first-order valence-electron chi connectivity index (χ1n) is 6.94. The van der Waals surface area contributed by atoms with Crippen LogP contribution in [0.2, 0.25) is 0 Å². The Bertz CT molecular complexity index is 500. The van der Waals surface area contributed by atoms with Crippen molar-refractivity contribution < 1.29 is 9.90 Å². The number of aliphatic hydroxyl groups is 1. The first kappa shape index (κ1) is 15.0. The Labute approximate surface area is 119 Å². The zero-order valence-corrected chi connectivity index (χ0v) is 12.1. The van der Waals surface area contributed by atoms with Crippen molar-refractivity contribution in [3.05, 3.63) is 29.3 Å². The van der Waals surface area contributed by atoms with Crippen LogP contribution in [0, 0.1) is 0 Å². The molecule has 1 aromatic rings. The lowest BCUT2D eigenvalue weighted by molar-refractivity contribution is -0.121. The fourth-order valence-electron chi connectivity index (χ4n) is 2.26. The molecule has 0 bridgehead atoms. The van der Waals surface area contributed by atoms with Crippen LogP contribution >= 0.6 is 0 Å². The zero-order chi connectivity index (χ0) is 14.8. The van der Waals surface area contributed by atoms with Gasteiger partial charge >= 0.3 is 0 Å². The molecule has 20 heavy (non-hydrogen) atoms. The minimum absolute atomic E-state index is 0.370. The maximum absolute atomic E-state index is 11.9. The number of nitrogens with one attached hydrogen (secondary N) is 1. The van der Waals surface area contributed by atoms with Gasteiger partial charge in [-0.25, -0.2) is 0 Å². The Hall–Kier alpha value is -1.43. The number of hydrogen-bond acceptors (Lipinski definition) is 4. The van der Waals surface area contributed by atoms with Crippen LogP contribution in [0.4, 0.5) is 5.69 Å². The van der Waals surface area contributed by atoms with Gasteiger partial charge in [0.1, 0.15) is 5.54 Å². The molecule has 1 aliphatic heterocycles. The van der Waals surface area contributed by atoms with Gasteiger partial charge in [-0.2, -0.15) is 0 Å². The average Bonchev–Trinajstić information content (AvgIpc) is 2.61. The van der Waals surface area contributed by atoms with Gasteiger partial charge in [-0.15, -0.1) is 0 Å². The van der Waals surface area contributed by atoms with Crippen LogP contribution in [0.5, 0.6) is 0 Å². The highest BCUT2D eigenvalue weighted by Crippen LogP contribution is 2.20. The van der Waals surface area contributed by atoms with Gasteiger partial charge in [-0.1, -0.05) is 6.07 Å². The van der Waals surface area contributed by atoms with Crippen molar-refractivity contribution in [3.63, 3.8) is 0 Å². The topological polar surface area (TPSA) is 78.6 Å². The second-order valence-corrected chi connectivity index (χ2v) is 5.82. The molecule has 1 unspecified atom stereocenters. The molecule has 0 fully saturated rings. The summed E-state index contributed by atoms with van der Waals surface area (Å²) in [5, 5.41) is 11.9. The van der Waals surface area contributed by atoms with Gasteiger partial charge in [0.25, 0.3) is 0 Å². The second kappa shape index (κ2) is 5.91. The Balaban J connectivity index is 2.14. The molecule has 0 radical (unpaired) electrons. The Kier molecular flexibility index (Phi) is 4.42. The average molecular weight is 277 g/mol. The number of nitrogens with zero attached hydrogens (tertiary/aromatic N) is 1. The summed E-state index contributed by atoms with van der Waals surface area (Å²) in [4.78, 5) is 14.3. The summed E-state index contributed by atoms with van der Waals surface area (Å²) in [5.74, 6) is -0.370. The molecule has 1 aromatic carbocycles. The third-order valence-corrected chi connectivity index (χ3v) is 3.84. The number of fused-ring (bicyclic) bond motifs is 1. The van der Waals surface area contributed by atoms with Gasteiger partial charge in [0, 0.05) is 18.8 Å². The Morgan fingerprint density at radius 1 is 1.40 bits per heavy atom. The van der Waals surface area contributed by atoms with Crippen LogP contribution in [-0.2, 0) is 17.6 Å². The molecule has 1 amide bonds. The third kappa shape index (κ3) is 3.36. The first-order valence-corrected chi connectivity index (χ1v) is 6.94. The largest absolute Gasteiger partial charge is 0.394 e. The lowest BCUT2D eigenvalue weighted by Gasteiger charge is -2.21. The summed E-state index contributed by atoms with van der Waals surface area (Å²) in [6, 6.07) is 5.98. The van der Waals surface area contributed by atoms with E-state index in [1.807, 2.05) is 12.1 Å². The molecule has 0 spiro atoms. The quantitative estimate of drug-likeness (QED) is 0.745. The van der Waals surface area contributed by atoms with Crippen LogP contribution in [0.15, 0.2) is 18.2 Å². The predicted molar refractivity (Wildman–Crippen MR) is 79.7 cm³/mol. The number of anilines is 1. The third-order valence-electron chi connectivity index (χ3n) is 3.84. The van der Waals surface area contributed by atoms with E-state index in [2.05, 4.69) is 23.3 Å². The van der Waals surface area contributed by atoms with Gasteiger partial charge in [0.05, 0.1) is 6.61 Å². The van der Waals surface area contributed by atoms with E-state index in [9.17, 15) is 4.79 Å². The van der Waals surface area contributed by atoms with E-state index in [0.717, 1.165) is 31.6 Å². The maximum atomic E-state index is 11.9. The van der Waals surface area contributed by atoms with E-state index in [0.29, 0.717) is 0 Å². The van der Waals surface area contributed by atoms with Crippen LogP contribution in [0.1, 0.15) is 18.1 Å². The SMILES string of the molecule is CN1CCc2ccc(NC(=O)C(C)(N)CO)cc2CC1. The summed E-state index contributed by atoms with van der Waals surface area (Å²) >= 11 is 0. The number of carbonyl (C=O) groups excluding carboxylic acids is 1. The molecule has 1 heterocycles. The number of rotatable bonds is 3. The fourth-order valence-corrected chi connectivity index (χ4v) is 2.26. The fraction of sp³-hybridized carbons (Fsp3) is 0.533. The molecule has 5 nitrogen and oxygen atoms in total. The van der Waals surface area contributed by atoms with E-state index in [4.69, 9.17) is 10.8 Å². The standard InChI is InChI=1S/C15H23N3O2/c1-15(16,10-19)14(20)17-13-4-3-11-5-7-18(2)8-6-12(11)9-13/h3-4,9,19H,5-8,10,16H2,1-2H3,(H,17,20). The number of amides is 1. The van der Waals surface area contributed by atoms with Crippen molar-refractivity contribution in [2.45, 2.75) is 25.3 Å². The molecule has 2 rings (SSSR count). The highest BCUT2D eigenvalue weighted by Gasteiger charge is 2.27. The Morgan fingerprint density at radius 2 is 2.05 bits per heavy atom. The molecule has 4 N–H and O–H groups in total. The number of benzene rings is 1. The first-order chi connectivity index (χ1) is 9.42. The number of carbonyl (C=O) groups is 1. The van der Waals surface area contributed by atoms with Gasteiger partial charge in [-0.05, 0) is 50.1 Å². The lowest BCUT2D eigenvalue weighted by atomic mass is 10.0. The molecular weight excluding hydrogens is 254 g/mol. The van der Waals surface area contributed by atoms with Crippen molar-refractivity contribution in [1.29, 1.82) is 0 Å². The zero-order valence-electron chi connectivity index (χ0n) is 12.1. The number of likely N-dealkylation sites (N-methyl/N-ethyl adjacent to an activating group) is 1. The predicted octanol–water partition coefficient (Wildman–Crippen LogP) is 0.365. The highest BCUT2D eigenvalue weighted by atomic mass is 16.3. The normalized spacial score (nSPS) is 18.8. The maximum Gasteiger partial charge on any atom is 0.246 e. The molecule has 0 saturated carbocycles. The van der Waals surface area contributed by atoms with Crippen LogP contribution in [0.25, 0.3) is 0 Å². The van der Waals surface area contributed by atoms with E-state index < -0.39 is 5.54 Å². The summed E-state index contributed by atoms with van der Waals surface area (Å²) in [6.07, 6.45) is 2.01. The van der Waals surface area contributed by atoms with Crippen molar-refractivity contribution in [3.8, 4) is 0 Å². The van der Waals surface area contributed by atoms with E-state index in [1.54, 1.807) is 0 Å². The minimum atomic E-state index is -1.26. The van der Waals surface area contributed by atoms with E-state index in [1.165, 1.54) is 18.1 Å². The van der Waals surface area contributed by atoms with Crippen molar-refractivity contribution in [2.75, 3.05) is 32.1 Å². The molecule has 0 aliphatic carbocycles. The molecule has 0 saturated heterocycles. The number of nitrogens with two attached hydrogens (primary N) is 1. The lowest BCUT2D eigenvalue weighted by Crippen LogP contribution is -2.51. The molecule has 110 valence electrons. The number of aliphatic hydroxyl groups excluding tert-OH is 1. The van der Waals surface area contributed by atoms with E-state index >= 15 is 0 Å². The van der Waals surface area contributed by atoms with Gasteiger partial charge in [-0.3, -0.25) is 4.79 Å². The van der Waals surface area contributed by atoms with Gasteiger partial charge in [0.2, 0.25) is 5.91 Å². The van der Waals surface area contributed by atoms with Crippen LogP contribution in [0.3, 0.4) is 0 Å². The minimum Gasteiger partial charge on any atom is -0.394 e. The molecule has 1 aliphatic rings. The molecular formula is C15H23N3O2. The summed E-state index contributed by atoms with van der Waals surface area (Å²) < 4.78 is 0. The Morgan fingerprint density at radius 3 is 2.70 bits per heavy atom. The summed E-state index contributed by atoms with van der Waals surface area (Å²) in [7, 11) is 2.12. The van der Waals surface area contributed by atoms with Crippen molar-refractivity contribution in [1.82, 2.24) is 4.90 Å². The van der Waals surface area contributed by atoms with Gasteiger partial charge in [0.15, 0.2) is 0 Å².